The maximum absolute atomic E-state index is 12.0. The van der Waals surface area contributed by atoms with Crippen LogP contribution in [0.3, 0.4) is 0 Å². The van der Waals surface area contributed by atoms with Crippen molar-refractivity contribution in [3.8, 4) is 0 Å². The Morgan fingerprint density at radius 1 is 1.33 bits per heavy atom. The van der Waals surface area contributed by atoms with Gasteiger partial charge in [-0.05, 0) is 23.9 Å². The molecule has 1 aromatic heterocycles. The molecule has 3 rings (SSSR count). The Hall–Kier alpha value is -2.69. The number of thioether (sulfide) groups is 1. The molecule has 2 heterocycles. The number of nitrogens with two attached hydrogens (primary N) is 1. The predicted octanol–water partition coefficient (Wildman–Crippen LogP) is 0.194. The van der Waals surface area contributed by atoms with E-state index in [1.807, 2.05) is 4.90 Å². The summed E-state index contributed by atoms with van der Waals surface area (Å²) in [6.07, 6.45) is 0. The zero-order valence-electron chi connectivity index (χ0n) is 14.6. The summed E-state index contributed by atoms with van der Waals surface area (Å²) in [5.74, 6) is 0.306. The van der Waals surface area contributed by atoms with Crippen LogP contribution in [0.25, 0.3) is 0 Å². The molecule has 0 spiro atoms. The second kappa shape index (κ2) is 8.80. The summed E-state index contributed by atoms with van der Waals surface area (Å²) in [5.41, 5.74) is 6.21. The zero-order chi connectivity index (χ0) is 19.2. The van der Waals surface area contributed by atoms with Crippen molar-refractivity contribution in [1.29, 1.82) is 5.41 Å². The van der Waals surface area contributed by atoms with Gasteiger partial charge in [0.1, 0.15) is 10.9 Å². The summed E-state index contributed by atoms with van der Waals surface area (Å²) in [5, 5.41) is 14.8. The number of carbonyl (C=O) groups excluding carboxylic acids is 1. The number of nitrogens with zero attached hydrogens (tertiary/aromatic N) is 2. The van der Waals surface area contributed by atoms with Crippen molar-refractivity contribution in [2.75, 3.05) is 42.9 Å². The molecule has 10 heteroatoms. The lowest BCUT2D eigenvalue weighted by Crippen LogP contribution is -2.44. The molecule has 1 fully saturated rings. The Labute approximate surface area is 160 Å². The van der Waals surface area contributed by atoms with E-state index < -0.39 is 0 Å². The number of hydrogen-bond donors (Lipinski definition) is 5. The number of nitrogens with one attached hydrogen (secondary N) is 4. The van der Waals surface area contributed by atoms with E-state index in [2.05, 4.69) is 20.6 Å². The normalized spacial score (nSPS) is 14.0. The molecular weight excluding hydrogens is 366 g/mol. The third kappa shape index (κ3) is 5.16. The maximum Gasteiger partial charge on any atom is 0.253 e. The Morgan fingerprint density at radius 2 is 2.11 bits per heavy atom. The van der Waals surface area contributed by atoms with Crippen LogP contribution in [0.4, 0.5) is 11.5 Å². The summed E-state index contributed by atoms with van der Waals surface area (Å²) in [7, 11) is 0. The standard InChI is InChI=1S/C17H21N7O2S/c18-10-15(26)21-12-3-1-2-11(8-12)16(19)27-17-22-13(9-14(25)23-17)24-6-4-20-5-7-24/h1-3,8-9,19-20H,4-7,10,18H2,(H,21,26)(H,22,23,25). The molecule has 0 aliphatic carbocycles. The average Bonchev–Trinajstić information content (AvgIpc) is 2.68. The number of hydrogen-bond acceptors (Lipinski definition) is 8. The number of aromatic nitrogens is 2. The molecule has 9 nitrogen and oxygen atoms in total. The van der Waals surface area contributed by atoms with E-state index >= 15 is 0 Å². The molecule has 27 heavy (non-hydrogen) atoms. The Kier molecular flexibility index (Phi) is 6.22. The van der Waals surface area contributed by atoms with Crippen LogP contribution in [0.1, 0.15) is 5.56 Å². The molecule has 1 aliphatic rings. The van der Waals surface area contributed by atoms with Crippen molar-refractivity contribution in [2.45, 2.75) is 5.16 Å². The third-order valence-corrected chi connectivity index (χ3v) is 4.77. The molecule has 0 radical (unpaired) electrons. The van der Waals surface area contributed by atoms with Crippen molar-refractivity contribution in [2.24, 2.45) is 5.73 Å². The van der Waals surface area contributed by atoms with Gasteiger partial charge in [-0.1, -0.05) is 12.1 Å². The second-order valence-corrected chi connectivity index (χ2v) is 6.91. The lowest BCUT2D eigenvalue weighted by atomic mass is 10.2. The SMILES string of the molecule is N=C(Sc1nc(N2CCNCC2)cc(=O)[nH]1)c1cccc(NC(=O)CN)c1. The molecule has 0 unspecified atom stereocenters. The van der Waals surface area contributed by atoms with Gasteiger partial charge in [-0.2, -0.15) is 0 Å². The molecule has 1 amide bonds. The van der Waals surface area contributed by atoms with E-state index in [9.17, 15) is 9.59 Å². The van der Waals surface area contributed by atoms with Gasteiger partial charge >= 0.3 is 0 Å². The fraction of sp³-hybridized carbons (Fsp3) is 0.294. The number of anilines is 2. The van der Waals surface area contributed by atoms with Crippen LogP contribution in [0.5, 0.6) is 0 Å². The van der Waals surface area contributed by atoms with Crippen molar-refractivity contribution in [3.05, 3.63) is 46.2 Å². The van der Waals surface area contributed by atoms with Gasteiger partial charge in [0.15, 0.2) is 5.16 Å². The number of amides is 1. The summed E-state index contributed by atoms with van der Waals surface area (Å²) in [4.78, 5) is 32.6. The predicted molar refractivity (Wildman–Crippen MR) is 107 cm³/mol. The van der Waals surface area contributed by atoms with Gasteiger partial charge in [0.2, 0.25) is 5.91 Å². The first-order valence-corrected chi connectivity index (χ1v) is 9.30. The lowest BCUT2D eigenvalue weighted by molar-refractivity contribution is -0.114. The van der Waals surface area contributed by atoms with E-state index in [-0.39, 0.29) is 23.1 Å². The quantitative estimate of drug-likeness (QED) is 0.214. The number of H-pyrrole nitrogens is 1. The first-order chi connectivity index (χ1) is 13.0. The van der Waals surface area contributed by atoms with Crippen molar-refractivity contribution in [1.82, 2.24) is 15.3 Å². The van der Waals surface area contributed by atoms with Gasteiger partial charge in [0.05, 0.1) is 6.54 Å². The van der Waals surface area contributed by atoms with E-state index in [0.29, 0.717) is 22.2 Å². The minimum Gasteiger partial charge on any atom is -0.354 e. The number of piperazine rings is 1. The highest BCUT2D eigenvalue weighted by atomic mass is 32.2. The molecule has 1 aromatic carbocycles. The van der Waals surface area contributed by atoms with E-state index in [1.165, 1.54) is 6.07 Å². The smallest absolute Gasteiger partial charge is 0.253 e. The highest BCUT2D eigenvalue weighted by Crippen LogP contribution is 2.22. The van der Waals surface area contributed by atoms with Crippen LogP contribution >= 0.6 is 11.8 Å². The molecule has 2 aromatic rings. The summed E-state index contributed by atoms with van der Waals surface area (Å²) in [6.45, 7) is 3.13. The number of aromatic amines is 1. The fourth-order valence-electron chi connectivity index (χ4n) is 2.63. The van der Waals surface area contributed by atoms with E-state index in [1.54, 1.807) is 24.3 Å². The molecule has 1 aliphatic heterocycles. The third-order valence-electron chi connectivity index (χ3n) is 3.94. The molecule has 0 saturated carbocycles. The maximum atomic E-state index is 12.0. The van der Waals surface area contributed by atoms with Gasteiger partial charge < -0.3 is 26.3 Å². The molecule has 0 atom stereocenters. The Balaban J connectivity index is 1.76. The lowest BCUT2D eigenvalue weighted by Gasteiger charge is -2.28. The van der Waals surface area contributed by atoms with Crippen molar-refractivity contribution < 1.29 is 4.79 Å². The van der Waals surface area contributed by atoms with Crippen LogP contribution < -0.4 is 26.8 Å². The second-order valence-electron chi connectivity index (χ2n) is 5.91. The first-order valence-electron chi connectivity index (χ1n) is 8.49. The van der Waals surface area contributed by atoms with Crippen LogP contribution in [0.2, 0.25) is 0 Å². The summed E-state index contributed by atoms with van der Waals surface area (Å²) < 4.78 is 0. The van der Waals surface area contributed by atoms with Crippen LogP contribution in [-0.4, -0.2) is 53.6 Å². The molecule has 0 bridgehead atoms. The highest BCUT2D eigenvalue weighted by molar-refractivity contribution is 8.14. The van der Waals surface area contributed by atoms with Crippen molar-refractivity contribution in [3.63, 3.8) is 0 Å². The summed E-state index contributed by atoms with van der Waals surface area (Å²) >= 11 is 1.06. The molecular formula is C17H21N7O2S. The van der Waals surface area contributed by atoms with Gasteiger partial charge in [-0.15, -0.1) is 0 Å². The number of benzene rings is 1. The minimum atomic E-state index is -0.305. The first kappa shape index (κ1) is 19.1. The minimum absolute atomic E-state index is 0.111. The fourth-order valence-corrected chi connectivity index (χ4v) is 3.36. The Bertz CT molecular complexity index is 893. The monoisotopic (exact) mass is 387 g/mol. The van der Waals surface area contributed by atoms with Gasteiger partial charge in [-0.3, -0.25) is 15.0 Å². The van der Waals surface area contributed by atoms with Crippen molar-refractivity contribution >= 4 is 34.2 Å². The molecule has 1 saturated heterocycles. The Morgan fingerprint density at radius 3 is 2.85 bits per heavy atom. The van der Waals surface area contributed by atoms with Gasteiger partial charge in [0, 0.05) is 43.5 Å². The van der Waals surface area contributed by atoms with E-state index in [4.69, 9.17) is 11.1 Å². The number of carbonyl (C=O) groups is 1. The average molecular weight is 387 g/mol. The number of rotatable bonds is 5. The highest BCUT2D eigenvalue weighted by Gasteiger charge is 2.15. The van der Waals surface area contributed by atoms with Gasteiger partial charge in [0.25, 0.3) is 5.56 Å². The molecule has 6 N–H and O–H groups in total. The van der Waals surface area contributed by atoms with Crippen LogP contribution in [0.15, 0.2) is 40.3 Å². The molecule has 142 valence electrons. The zero-order valence-corrected chi connectivity index (χ0v) is 15.4. The van der Waals surface area contributed by atoms with Crippen LogP contribution in [-0.2, 0) is 4.79 Å². The van der Waals surface area contributed by atoms with Crippen LogP contribution in [0, 0.1) is 5.41 Å². The summed E-state index contributed by atoms with van der Waals surface area (Å²) in [6, 6.07) is 8.37. The topological polar surface area (TPSA) is 140 Å². The van der Waals surface area contributed by atoms with E-state index in [0.717, 1.165) is 37.9 Å². The largest absolute Gasteiger partial charge is 0.354 e. The van der Waals surface area contributed by atoms with Gasteiger partial charge in [-0.25, -0.2) is 4.98 Å².